The van der Waals surface area contributed by atoms with Gasteiger partial charge in [0.15, 0.2) is 0 Å². The fraction of sp³-hybridized carbons (Fsp3) is 0.517. The zero-order valence-electron chi connectivity index (χ0n) is 22.1. The number of rotatable bonds is 10. The number of hydrogen-bond acceptors (Lipinski definition) is 4. The molecular formula is C29H41N3O4. The molecule has 1 fully saturated rings. The Balaban J connectivity index is 1.56. The number of morpholine rings is 1. The molecule has 0 radical (unpaired) electrons. The summed E-state index contributed by atoms with van der Waals surface area (Å²) in [5.41, 5.74) is 3.59. The van der Waals surface area contributed by atoms with E-state index in [1.807, 2.05) is 55.1 Å². The molecule has 1 aliphatic rings. The number of carbonyl (C=O) groups is 2. The summed E-state index contributed by atoms with van der Waals surface area (Å²) >= 11 is 0. The second kappa shape index (κ2) is 12.8. The number of nitrogens with one attached hydrogen (secondary N) is 2. The van der Waals surface area contributed by atoms with Crippen molar-refractivity contribution >= 4 is 11.9 Å². The zero-order valence-corrected chi connectivity index (χ0v) is 22.1. The molecule has 3 amide bonds. The quantitative estimate of drug-likeness (QED) is 0.406. The fourth-order valence-corrected chi connectivity index (χ4v) is 4.50. The van der Waals surface area contributed by atoms with Crippen LogP contribution in [-0.4, -0.2) is 54.3 Å². The van der Waals surface area contributed by atoms with E-state index in [1.165, 1.54) is 0 Å². The lowest BCUT2D eigenvalue weighted by Gasteiger charge is -2.28. The summed E-state index contributed by atoms with van der Waals surface area (Å²) < 4.78 is 5.32. The normalized spacial score (nSPS) is 14.1. The monoisotopic (exact) mass is 495 g/mol. The van der Waals surface area contributed by atoms with Gasteiger partial charge in [0.25, 0.3) is 0 Å². The van der Waals surface area contributed by atoms with Gasteiger partial charge in [-0.2, -0.15) is 0 Å². The lowest BCUT2D eigenvalue weighted by molar-refractivity contribution is -0.135. The Labute approximate surface area is 215 Å². The van der Waals surface area contributed by atoms with Crippen LogP contribution in [0.15, 0.2) is 42.5 Å². The van der Waals surface area contributed by atoms with Crippen LogP contribution in [0.25, 0.3) is 11.1 Å². The molecule has 1 saturated heterocycles. The van der Waals surface area contributed by atoms with Crippen molar-refractivity contribution in [1.82, 2.24) is 15.5 Å². The summed E-state index contributed by atoms with van der Waals surface area (Å²) in [6.07, 6.45) is 3.32. The first-order valence-corrected chi connectivity index (χ1v) is 13.0. The van der Waals surface area contributed by atoms with Gasteiger partial charge in [-0.25, -0.2) is 4.79 Å². The number of ether oxygens (including phenoxy) is 1. The first-order chi connectivity index (χ1) is 17.2. The molecule has 2 aromatic rings. The van der Waals surface area contributed by atoms with E-state index < -0.39 is 0 Å². The van der Waals surface area contributed by atoms with E-state index in [0.717, 1.165) is 41.5 Å². The van der Waals surface area contributed by atoms with Gasteiger partial charge in [-0.1, -0.05) is 50.6 Å². The SMILES string of the molecule is CC(C)NC(=O)NCc1cccc(-c2ccc(C(C)(C)CCCCC(=O)N3CCOCC3)cc2O)c1. The maximum absolute atomic E-state index is 12.4. The number of phenols is 1. The molecular weight excluding hydrogens is 454 g/mol. The van der Waals surface area contributed by atoms with Gasteiger partial charge in [0.2, 0.25) is 5.91 Å². The van der Waals surface area contributed by atoms with Crippen LogP contribution in [0.5, 0.6) is 5.75 Å². The number of carbonyl (C=O) groups excluding carboxylic acids is 2. The number of unbranched alkanes of at least 4 members (excludes halogenated alkanes) is 1. The van der Waals surface area contributed by atoms with Crippen LogP contribution < -0.4 is 10.6 Å². The summed E-state index contributed by atoms with van der Waals surface area (Å²) in [4.78, 5) is 26.1. The van der Waals surface area contributed by atoms with E-state index in [0.29, 0.717) is 39.3 Å². The van der Waals surface area contributed by atoms with Crippen molar-refractivity contribution in [1.29, 1.82) is 0 Å². The third-order valence-corrected chi connectivity index (χ3v) is 6.70. The highest BCUT2D eigenvalue weighted by Crippen LogP contribution is 2.36. The molecule has 3 rings (SSSR count). The van der Waals surface area contributed by atoms with Crippen molar-refractivity contribution < 1.29 is 19.4 Å². The fourth-order valence-electron chi connectivity index (χ4n) is 4.50. The van der Waals surface area contributed by atoms with Gasteiger partial charge in [0, 0.05) is 37.7 Å². The molecule has 36 heavy (non-hydrogen) atoms. The van der Waals surface area contributed by atoms with Gasteiger partial charge in [0.1, 0.15) is 5.75 Å². The highest BCUT2D eigenvalue weighted by atomic mass is 16.5. The van der Waals surface area contributed by atoms with E-state index in [9.17, 15) is 14.7 Å². The standard InChI is InChI=1S/C29H41N3O4/c1-21(2)31-28(35)30-20-22-8-7-9-23(18-22)25-12-11-24(19-26(25)33)29(3,4)13-6-5-10-27(34)32-14-16-36-17-15-32/h7-9,11-12,18-19,21,33H,5-6,10,13-17,20H2,1-4H3,(H2,30,31,35). The lowest BCUT2D eigenvalue weighted by atomic mass is 9.79. The number of phenolic OH excluding ortho intramolecular Hbond substituents is 1. The molecule has 0 atom stereocenters. The van der Waals surface area contributed by atoms with E-state index in [2.05, 4.69) is 30.5 Å². The third kappa shape index (κ3) is 7.98. The van der Waals surface area contributed by atoms with Crippen molar-refractivity contribution in [3.8, 4) is 16.9 Å². The van der Waals surface area contributed by atoms with Gasteiger partial charge >= 0.3 is 6.03 Å². The zero-order chi connectivity index (χ0) is 26.1. The average molecular weight is 496 g/mol. The molecule has 0 bridgehead atoms. The molecule has 196 valence electrons. The van der Waals surface area contributed by atoms with E-state index in [4.69, 9.17) is 4.74 Å². The minimum Gasteiger partial charge on any atom is -0.507 e. The van der Waals surface area contributed by atoms with Crippen LogP contribution in [0.2, 0.25) is 0 Å². The number of amides is 3. The molecule has 7 heteroatoms. The smallest absolute Gasteiger partial charge is 0.315 e. The topological polar surface area (TPSA) is 90.9 Å². The third-order valence-electron chi connectivity index (χ3n) is 6.70. The maximum atomic E-state index is 12.4. The summed E-state index contributed by atoms with van der Waals surface area (Å²) in [5, 5.41) is 16.5. The van der Waals surface area contributed by atoms with E-state index in [-0.39, 0.29) is 29.1 Å². The largest absolute Gasteiger partial charge is 0.507 e. The van der Waals surface area contributed by atoms with Crippen LogP contribution >= 0.6 is 0 Å². The van der Waals surface area contributed by atoms with Gasteiger partial charge in [0.05, 0.1) is 13.2 Å². The van der Waals surface area contributed by atoms with Crippen molar-refractivity contribution in [2.75, 3.05) is 26.3 Å². The molecule has 0 spiro atoms. The highest BCUT2D eigenvalue weighted by molar-refractivity contribution is 5.76. The van der Waals surface area contributed by atoms with Crippen LogP contribution in [0.4, 0.5) is 4.79 Å². The van der Waals surface area contributed by atoms with Crippen molar-refractivity contribution in [2.24, 2.45) is 0 Å². The van der Waals surface area contributed by atoms with Crippen LogP contribution in [0.1, 0.15) is 64.5 Å². The number of benzene rings is 2. The van der Waals surface area contributed by atoms with Gasteiger partial charge in [-0.05, 0) is 60.9 Å². The Bertz CT molecular complexity index is 1030. The molecule has 0 aliphatic carbocycles. The number of hydrogen-bond donors (Lipinski definition) is 3. The van der Waals surface area contributed by atoms with Gasteiger partial charge in [-0.15, -0.1) is 0 Å². The first kappa shape index (κ1) is 27.5. The number of aromatic hydroxyl groups is 1. The molecule has 3 N–H and O–H groups in total. The first-order valence-electron chi connectivity index (χ1n) is 13.0. The molecule has 0 unspecified atom stereocenters. The Morgan fingerprint density at radius 1 is 1.08 bits per heavy atom. The average Bonchev–Trinajstić information content (AvgIpc) is 2.85. The number of urea groups is 1. The summed E-state index contributed by atoms with van der Waals surface area (Å²) in [6, 6.07) is 13.6. The van der Waals surface area contributed by atoms with Crippen molar-refractivity contribution in [2.45, 2.75) is 71.4 Å². The summed E-state index contributed by atoms with van der Waals surface area (Å²) in [7, 11) is 0. The molecule has 1 aliphatic heterocycles. The maximum Gasteiger partial charge on any atom is 0.315 e. The van der Waals surface area contributed by atoms with Gasteiger partial charge < -0.3 is 25.4 Å². The second-order valence-corrected chi connectivity index (χ2v) is 10.5. The molecule has 7 nitrogen and oxygen atoms in total. The number of nitrogens with zero attached hydrogens (tertiary/aromatic N) is 1. The van der Waals surface area contributed by atoms with Crippen molar-refractivity contribution in [3.05, 3.63) is 53.6 Å². The Morgan fingerprint density at radius 3 is 2.53 bits per heavy atom. The van der Waals surface area contributed by atoms with Crippen LogP contribution in [-0.2, 0) is 21.5 Å². The minimum absolute atomic E-state index is 0.0774. The highest BCUT2D eigenvalue weighted by Gasteiger charge is 2.22. The van der Waals surface area contributed by atoms with E-state index >= 15 is 0 Å². The Morgan fingerprint density at radius 2 is 1.83 bits per heavy atom. The molecule has 1 heterocycles. The summed E-state index contributed by atoms with van der Waals surface area (Å²) in [5.74, 6) is 0.460. The molecule has 2 aromatic carbocycles. The molecule has 0 saturated carbocycles. The predicted octanol–water partition coefficient (Wildman–Crippen LogP) is 4.96. The minimum atomic E-state index is -0.199. The van der Waals surface area contributed by atoms with Gasteiger partial charge in [-0.3, -0.25) is 4.79 Å². The van der Waals surface area contributed by atoms with E-state index in [1.54, 1.807) is 0 Å². The summed E-state index contributed by atoms with van der Waals surface area (Å²) in [6.45, 7) is 11.3. The second-order valence-electron chi connectivity index (χ2n) is 10.5. The predicted molar refractivity (Wildman–Crippen MR) is 143 cm³/mol. The molecule has 0 aromatic heterocycles. The Hall–Kier alpha value is -3.06. The lowest BCUT2D eigenvalue weighted by Crippen LogP contribution is -2.40. The van der Waals surface area contributed by atoms with Crippen LogP contribution in [0, 0.1) is 0 Å². The van der Waals surface area contributed by atoms with Crippen molar-refractivity contribution in [3.63, 3.8) is 0 Å². The van der Waals surface area contributed by atoms with Crippen LogP contribution in [0.3, 0.4) is 0 Å². The Kier molecular flexibility index (Phi) is 9.76.